The number of para-hydroxylation sites is 1. The van der Waals surface area contributed by atoms with E-state index in [-0.39, 0.29) is 0 Å². The molecule has 0 spiro atoms. The lowest BCUT2D eigenvalue weighted by Gasteiger charge is -2.28. The molecule has 6 nitrogen and oxygen atoms in total. The second-order valence-electron chi connectivity index (χ2n) is 8.81. The fraction of sp³-hybridized carbons (Fsp3) is 0.333. The van der Waals surface area contributed by atoms with E-state index in [4.69, 9.17) is 5.84 Å². The average molecular weight is 475 g/mol. The molecule has 0 radical (unpaired) electrons. The summed E-state index contributed by atoms with van der Waals surface area (Å²) >= 11 is 1.71. The van der Waals surface area contributed by atoms with Gasteiger partial charge in [-0.05, 0) is 85.0 Å². The van der Waals surface area contributed by atoms with E-state index in [1.807, 2.05) is 36.4 Å². The number of nitrogens with zero attached hydrogens (tertiary/aromatic N) is 2. The van der Waals surface area contributed by atoms with Crippen LogP contribution in [0.1, 0.15) is 32.6 Å². The Balaban J connectivity index is 1.22. The fourth-order valence-corrected chi connectivity index (χ4v) is 5.17. The minimum Gasteiger partial charge on any atom is -0.354 e. The Morgan fingerprint density at radius 1 is 1.03 bits per heavy atom. The van der Waals surface area contributed by atoms with Crippen molar-refractivity contribution in [3.05, 3.63) is 69.9 Å². The standard InChI is InChI=1S/C27H34N6S/c1-3-23(16-22-9-5-4-8-19(22)2)34-30-18-21-14-12-20(13-15-21)17-29-27-31-25-11-7-6-10-24(25)26(32-27)33-28/h3-11,16,20-21,30H,2,12-15,17-18,28H2,1H3,(H2,29,31,32,33)/b22-16-,23-3+. The first-order valence-corrected chi connectivity index (χ1v) is 12.8. The van der Waals surface area contributed by atoms with Crippen LogP contribution in [-0.2, 0) is 0 Å². The summed E-state index contributed by atoms with van der Waals surface area (Å²) in [6.07, 6.45) is 9.26. The Kier molecular flexibility index (Phi) is 8.57. The molecule has 3 aromatic rings. The Morgan fingerprint density at radius 3 is 2.47 bits per heavy atom. The van der Waals surface area contributed by atoms with Crippen molar-refractivity contribution in [2.45, 2.75) is 32.6 Å². The Hall–Kier alpha value is -2.87. The number of hydrogen-bond donors (Lipinski definition) is 4. The second kappa shape index (κ2) is 12.0. The van der Waals surface area contributed by atoms with Crippen molar-refractivity contribution in [3.8, 4) is 0 Å². The summed E-state index contributed by atoms with van der Waals surface area (Å²) in [5.41, 5.74) is 3.58. The highest BCUT2D eigenvalue weighted by Gasteiger charge is 2.21. The lowest BCUT2D eigenvalue weighted by atomic mass is 9.82. The normalized spacial score (nSPS) is 19.4. The van der Waals surface area contributed by atoms with Gasteiger partial charge in [-0.25, -0.2) is 10.8 Å². The number of nitrogen functional groups attached to an aromatic ring is 1. The van der Waals surface area contributed by atoms with Gasteiger partial charge < -0.3 is 10.7 Å². The highest BCUT2D eigenvalue weighted by molar-refractivity contribution is 8.01. The third-order valence-corrected chi connectivity index (χ3v) is 7.35. The molecule has 1 aliphatic carbocycles. The molecule has 178 valence electrons. The number of fused-ring (bicyclic) bond motifs is 1. The summed E-state index contributed by atoms with van der Waals surface area (Å²) in [6.45, 7) is 8.11. The van der Waals surface area contributed by atoms with Crippen LogP contribution in [0.3, 0.4) is 0 Å². The van der Waals surface area contributed by atoms with Crippen molar-refractivity contribution in [1.29, 1.82) is 0 Å². The number of hydrazine groups is 1. The number of nitrogens with two attached hydrogens (primary N) is 1. The topological polar surface area (TPSA) is 87.9 Å². The smallest absolute Gasteiger partial charge is 0.225 e. The minimum absolute atomic E-state index is 0.630. The van der Waals surface area contributed by atoms with Crippen LogP contribution in [0.2, 0.25) is 0 Å². The van der Waals surface area contributed by atoms with Gasteiger partial charge in [0, 0.05) is 23.4 Å². The summed E-state index contributed by atoms with van der Waals surface area (Å²) in [5, 5.41) is 6.59. The van der Waals surface area contributed by atoms with Crippen LogP contribution in [0, 0.1) is 11.8 Å². The van der Waals surface area contributed by atoms with E-state index in [1.165, 1.54) is 35.8 Å². The first kappa shape index (κ1) is 24.3. The molecule has 4 rings (SSSR count). The third kappa shape index (κ3) is 6.38. The first-order chi connectivity index (χ1) is 16.7. The molecular formula is C27H34N6S. The molecule has 1 saturated carbocycles. The second-order valence-corrected chi connectivity index (χ2v) is 9.77. The molecule has 2 aromatic carbocycles. The summed E-state index contributed by atoms with van der Waals surface area (Å²) in [4.78, 5) is 10.4. The van der Waals surface area contributed by atoms with Gasteiger partial charge in [0.15, 0.2) is 5.82 Å². The summed E-state index contributed by atoms with van der Waals surface area (Å²) < 4.78 is 3.59. The van der Waals surface area contributed by atoms with Crippen LogP contribution in [0.25, 0.3) is 23.6 Å². The summed E-state index contributed by atoms with van der Waals surface area (Å²) in [7, 11) is 0. The highest BCUT2D eigenvalue weighted by atomic mass is 32.2. The van der Waals surface area contributed by atoms with Gasteiger partial charge in [-0.1, -0.05) is 49.1 Å². The zero-order chi connectivity index (χ0) is 23.8. The average Bonchev–Trinajstić information content (AvgIpc) is 2.88. The fourth-order valence-electron chi connectivity index (χ4n) is 4.38. The first-order valence-electron chi connectivity index (χ1n) is 11.9. The van der Waals surface area contributed by atoms with Crippen molar-refractivity contribution in [3.63, 3.8) is 0 Å². The third-order valence-electron chi connectivity index (χ3n) is 6.45. The highest BCUT2D eigenvalue weighted by Crippen LogP contribution is 2.29. The number of allylic oxidation sites excluding steroid dienone is 2. The Labute approximate surface area is 205 Å². The predicted molar refractivity (Wildman–Crippen MR) is 146 cm³/mol. The van der Waals surface area contributed by atoms with Crippen LogP contribution in [-0.4, -0.2) is 23.1 Å². The van der Waals surface area contributed by atoms with E-state index in [2.05, 4.69) is 63.2 Å². The van der Waals surface area contributed by atoms with Crippen LogP contribution >= 0.6 is 11.9 Å². The SMILES string of the molecule is C=c1cccc/c1=C/C(=C\C)SNCC1CCC(CNc2nc(NN)c3ccccc3n2)CC1. The number of aromatic nitrogens is 2. The van der Waals surface area contributed by atoms with E-state index in [9.17, 15) is 0 Å². The molecule has 1 heterocycles. The molecule has 0 amide bonds. The van der Waals surface area contributed by atoms with Crippen molar-refractivity contribution < 1.29 is 0 Å². The molecule has 34 heavy (non-hydrogen) atoms. The van der Waals surface area contributed by atoms with Crippen molar-refractivity contribution in [2.75, 3.05) is 23.8 Å². The van der Waals surface area contributed by atoms with Gasteiger partial charge in [-0.15, -0.1) is 0 Å². The molecule has 1 fully saturated rings. The van der Waals surface area contributed by atoms with Gasteiger partial charge in [0.05, 0.1) is 5.52 Å². The number of rotatable bonds is 9. The maximum Gasteiger partial charge on any atom is 0.225 e. The maximum absolute atomic E-state index is 5.67. The van der Waals surface area contributed by atoms with Gasteiger partial charge >= 0.3 is 0 Å². The van der Waals surface area contributed by atoms with Crippen LogP contribution in [0.15, 0.2) is 59.5 Å². The van der Waals surface area contributed by atoms with Crippen LogP contribution in [0.5, 0.6) is 0 Å². The molecule has 7 heteroatoms. The lowest BCUT2D eigenvalue weighted by Crippen LogP contribution is -2.26. The molecule has 0 unspecified atom stereocenters. The Morgan fingerprint density at radius 2 is 1.74 bits per heavy atom. The molecule has 5 N–H and O–H groups in total. The molecule has 1 aliphatic rings. The van der Waals surface area contributed by atoms with Gasteiger partial charge in [-0.2, -0.15) is 4.98 Å². The molecule has 0 saturated heterocycles. The van der Waals surface area contributed by atoms with E-state index >= 15 is 0 Å². The Bertz CT molecular complexity index is 1230. The predicted octanol–water partition coefficient (Wildman–Crippen LogP) is 4.17. The van der Waals surface area contributed by atoms with Crippen molar-refractivity contribution in [1.82, 2.24) is 14.7 Å². The van der Waals surface area contributed by atoms with Crippen LogP contribution < -0.4 is 31.7 Å². The molecule has 0 bridgehead atoms. The number of anilines is 2. The zero-order valence-corrected chi connectivity index (χ0v) is 20.6. The van der Waals surface area contributed by atoms with E-state index < -0.39 is 0 Å². The van der Waals surface area contributed by atoms with Crippen molar-refractivity contribution in [2.24, 2.45) is 17.7 Å². The zero-order valence-electron chi connectivity index (χ0n) is 19.8. The number of nitrogens with one attached hydrogen (secondary N) is 3. The van der Waals surface area contributed by atoms with Gasteiger partial charge in [0.2, 0.25) is 5.95 Å². The van der Waals surface area contributed by atoms with E-state index in [0.29, 0.717) is 23.6 Å². The quantitative estimate of drug-likeness (QED) is 0.210. The van der Waals surface area contributed by atoms with Crippen molar-refractivity contribution >= 4 is 47.3 Å². The molecular weight excluding hydrogens is 440 g/mol. The molecule has 0 atom stereocenters. The lowest BCUT2D eigenvalue weighted by molar-refractivity contribution is 0.285. The monoisotopic (exact) mass is 474 g/mol. The maximum atomic E-state index is 5.67. The number of hydrogen-bond acceptors (Lipinski definition) is 7. The summed E-state index contributed by atoms with van der Waals surface area (Å²) in [6, 6.07) is 16.1. The number of benzene rings is 2. The largest absolute Gasteiger partial charge is 0.354 e. The minimum atomic E-state index is 0.630. The molecule has 0 aliphatic heterocycles. The summed E-state index contributed by atoms with van der Waals surface area (Å²) in [5.74, 6) is 8.30. The molecule has 1 aromatic heterocycles. The van der Waals surface area contributed by atoms with Crippen LogP contribution in [0.4, 0.5) is 11.8 Å². The van der Waals surface area contributed by atoms with E-state index in [0.717, 1.165) is 29.2 Å². The van der Waals surface area contributed by atoms with Gasteiger partial charge in [0.25, 0.3) is 0 Å². The van der Waals surface area contributed by atoms with Gasteiger partial charge in [0.1, 0.15) is 0 Å². The van der Waals surface area contributed by atoms with E-state index in [1.54, 1.807) is 11.9 Å². The van der Waals surface area contributed by atoms with Gasteiger partial charge in [-0.3, -0.25) is 4.72 Å².